The summed E-state index contributed by atoms with van der Waals surface area (Å²) in [5.74, 6) is -15.9. The topological polar surface area (TPSA) is 18.5 Å². The highest BCUT2D eigenvalue weighted by atomic mass is 19.4. The van der Waals surface area contributed by atoms with E-state index < -0.39 is 93.0 Å². The molecule has 4 rings (SSSR count). The third kappa shape index (κ3) is 8.49. The molecule has 2 nitrogen and oxygen atoms in total. The number of hydrogen-bond donors (Lipinski definition) is 0. The van der Waals surface area contributed by atoms with E-state index in [1.54, 1.807) is 0 Å². The Bertz CT molecular complexity index is 1530. The van der Waals surface area contributed by atoms with Crippen molar-refractivity contribution in [1.29, 1.82) is 0 Å². The second-order valence-corrected chi connectivity index (χ2v) is 11.7. The first kappa shape index (κ1) is 37.2. The average molecular weight is 705 g/mol. The predicted molar refractivity (Wildman–Crippen MR) is 147 cm³/mol. The SMILES string of the molecule is CCCCCCC1CCC(C(F)(F)Oc2cc(F)c(C(F)(F)Oc3cc(F)c(-c4cc(F)c(C(F)(F)F)c(F)c4)c(F)c3)c(F)c2)CC1. The minimum Gasteiger partial charge on any atom is -0.432 e. The molecule has 264 valence electrons. The molecule has 3 aromatic rings. The molecule has 0 bridgehead atoms. The molecule has 3 aromatic carbocycles. The molecular weight excluding hydrogens is 675 g/mol. The summed E-state index contributed by atoms with van der Waals surface area (Å²) in [6.45, 7) is 2.07. The minimum absolute atomic E-state index is 0.0214. The third-order valence-corrected chi connectivity index (χ3v) is 8.22. The lowest BCUT2D eigenvalue weighted by atomic mass is 9.79. The highest BCUT2D eigenvalue weighted by molar-refractivity contribution is 5.66. The van der Waals surface area contributed by atoms with Crippen LogP contribution in [0.3, 0.4) is 0 Å². The standard InChI is InChI=1S/C33H29F13O2/c1-2-3-4-5-6-17-7-9-19(10-8-17)32(43,44)47-21-15-26(38)30(27(39)16-21)33(45,46)48-20-13-22(34)28(23(35)14-20)18-11-24(36)29(25(37)12-18)31(40,41)42/h11-17,19H,2-10H2,1H3. The Kier molecular flexibility index (Phi) is 11.2. The van der Waals surface area contributed by atoms with Gasteiger partial charge in [0, 0.05) is 24.3 Å². The van der Waals surface area contributed by atoms with E-state index in [9.17, 15) is 57.1 Å². The number of unbranched alkanes of at least 4 members (excludes halogenated alkanes) is 3. The third-order valence-electron chi connectivity index (χ3n) is 8.22. The molecular formula is C33H29F13O2. The minimum atomic E-state index is -5.49. The van der Waals surface area contributed by atoms with Crippen molar-refractivity contribution in [3.63, 3.8) is 0 Å². The first-order valence-electron chi connectivity index (χ1n) is 15.0. The highest BCUT2D eigenvalue weighted by Gasteiger charge is 2.46. The Hall–Kier alpha value is -3.65. The summed E-state index contributed by atoms with van der Waals surface area (Å²) in [6.07, 6.45) is -8.17. The van der Waals surface area contributed by atoms with Gasteiger partial charge in [-0.05, 0) is 49.3 Å². The molecule has 0 unspecified atom stereocenters. The fourth-order valence-electron chi connectivity index (χ4n) is 5.85. The number of alkyl halides is 7. The number of benzene rings is 3. The van der Waals surface area contributed by atoms with Crippen molar-refractivity contribution < 1.29 is 66.5 Å². The zero-order valence-electron chi connectivity index (χ0n) is 25.2. The molecule has 0 saturated heterocycles. The fourth-order valence-corrected chi connectivity index (χ4v) is 5.85. The van der Waals surface area contributed by atoms with Gasteiger partial charge in [0.25, 0.3) is 0 Å². The Morgan fingerprint density at radius 1 is 0.583 bits per heavy atom. The highest BCUT2D eigenvalue weighted by Crippen LogP contribution is 2.44. The van der Waals surface area contributed by atoms with Gasteiger partial charge in [0.15, 0.2) is 0 Å². The first-order valence-corrected chi connectivity index (χ1v) is 15.0. The molecule has 0 amide bonds. The van der Waals surface area contributed by atoms with E-state index in [1.165, 1.54) is 0 Å². The number of hydrogen-bond acceptors (Lipinski definition) is 2. The van der Waals surface area contributed by atoms with Gasteiger partial charge in [-0.2, -0.15) is 30.7 Å². The molecule has 0 heterocycles. The number of rotatable bonds is 12. The van der Waals surface area contributed by atoms with Crippen molar-refractivity contribution in [3.05, 3.63) is 82.4 Å². The monoisotopic (exact) mass is 704 g/mol. The number of ether oxygens (including phenoxy) is 2. The largest absolute Gasteiger partial charge is 0.432 e. The van der Waals surface area contributed by atoms with E-state index in [-0.39, 0.29) is 55.2 Å². The van der Waals surface area contributed by atoms with Gasteiger partial charge >= 0.3 is 18.4 Å². The van der Waals surface area contributed by atoms with Gasteiger partial charge in [-0.15, -0.1) is 0 Å². The van der Waals surface area contributed by atoms with Crippen LogP contribution in [0.4, 0.5) is 57.1 Å². The van der Waals surface area contributed by atoms with Crippen LogP contribution in [-0.4, -0.2) is 6.11 Å². The van der Waals surface area contributed by atoms with E-state index in [0.717, 1.165) is 32.1 Å². The first-order chi connectivity index (χ1) is 22.3. The summed E-state index contributed by atoms with van der Waals surface area (Å²) in [6, 6.07) is 0.102. The zero-order valence-corrected chi connectivity index (χ0v) is 25.2. The molecule has 15 heteroatoms. The summed E-state index contributed by atoms with van der Waals surface area (Å²) in [4.78, 5) is 0. The number of halogens is 13. The Morgan fingerprint density at radius 2 is 1.06 bits per heavy atom. The van der Waals surface area contributed by atoms with E-state index in [1.807, 2.05) is 0 Å². The molecule has 0 N–H and O–H groups in total. The smallest absolute Gasteiger partial charge is 0.432 e. The van der Waals surface area contributed by atoms with Crippen molar-refractivity contribution in [1.82, 2.24) is 0 Å². The van der Waals surface area contributed by atoms with Gasteiger partial charge in [0.05, 0.1) is 11.5 Å². The molecule has 0 atom stereocenters. The van der Waals surface area contributed by atoms with Crippen molar-refractivity contribution in [2.24, 2.45) is 11.8 Å². The molecule has 0 aliphatic heterocycles. The van der Waals surface area contributed by atoms with Crippen LogP contribution in [0.1, 0.15) is 75.8 Å². The maximum absolute atomic E-state index is 14.9. The molecule has 0 aromatic heterocycles. The van der Waals surface area contributed by atoms with E-state index in [0.29, 0.717) is 12.8 Å². The van der Waals surface area contributed by atoms with Crippen LogP contribution in [0, 0.1) is 46.7 Å². The maximum Gasteiger partial charge on any atom is 0.432 e. The molecule has 48 heavy (non-hydrogen) atoms. The fraction of sp³-hybridized carbons (Fsp3) is 0.455. The average Bonchev–Trinajstić information content (AvgIpc) is 2.93. The van der Waals surface area contributed by atoms with E-state index >= 15 is 0 Å². The van der Waals surface area contributed by atoms with Gasteiger partial charge < -0.3 is 9.47 Å². The lowest BCUT2D eigenvalue weighted by Crippen LogP contribution is -2.37. The van der Waals surface area contributed by atoms with Crippen molar-refractivity contribution in [2.75, 3.05) is 0 Å². The summed E-state index contributed by atoms with van der Waals surface area (Å²) in [5.41, 5.74) is -6.88. The van der Waals surface area contributed by atoms with Gasteiger partial charge in [0.2, 0.25) is 0 Å². The Morgan fingerprint density at radius 3 is 1.56 bits per heavy atom. The van der Waals surface area contributed by atoms with Crippen LogP contribution in [0.15, 0.2) is 36.4 Å². The van der Waals surface area contributed by atoms with Crippen LogP contribution in [0.5, 0.6) is 11.5 Å². The van der Waals surface area contributed by atoms with Crippen molar-refractivity contribution in [2.45, 2.75) is 83.1 Å². The summed E-state index contributed by atoms with van der Waals surface area (Å²) in [5, 5.41) is 0. The maximum atomic E-state index is 14.9. The Labute approximate surface area is 266 Å². The van der Waals surface area contributed by atoms with E-state index in [2.05, 4.69) is 16.4 Å². The van der Waals surface area contributed by atoms with Crippen LogP contribution in [0.25, 0.3) is 11.1 Å². The second kappa shape index (κ2) is 14.5. The predicted octanol–water partition coefficient (Wildman–Crippen LogP) is 12.1. The lowest BCUT2D eigenvalue weighted by Gasteiger charge is -2.33. The zero-order chi connectivity index (χ0) is 35.6. The van der Waals surface area contributed by atoms with Crippen LogP contribution in [-0.2, 0) is 12.3 Å². The molecule has 0 spiro atoms. The second-order valence-electron chi connectivity index (χ2n) is 11.7. The van der Waals surface area contributed by atoms with Gasteiger partial charge in [-0.25, -0.2) is 26.3 Å². The van der Waals surface area contributed by atoms with Crippen molar-refractivity contribution >= 4 is 0 Å². The quantitative estimate of drug-likeness (QED) is 0.138. The molecule has 1 aliphatic carbocycles. The molecule has 1 saturated carbocycles. The van der Waals surface area contributed by atoms with Crippen LogP contribution >= 0.6 is 0 Å². The van der Waals surface area contributed by atoms with Crippen LogP contribution < -0.4 is 9.47 Å². The van der Waals surface area contributed by atoms with Crippen molar-refractivity contribution in [3.8, 4) is 22.6 Å². The van der Waals surface area contributed by atoms with Crippen LogP contribution in [0.2, 0.25) is 0 Å². The molecule has 1 aliphatic rings. The summed E-state index contributed by atoms with van der Waals surface area (Å²) in [7, 11) is 0. The molecule has 1 fully saturated rings. The van der Waals surface area contributed by atoms with Gasteiger partial charge in [-0.3, -0.25) is 0 Å². The summed E-state index contributed by atoms with van der Waals surface area (Å²) >= 11 is 0. The van der Waals surface area contributed by atoms with Gasteiger partial charge in [0.1, 0.15) is 57.5 Å². The lowest BCUT2D eigenvalue weighted by molar-refractivity contribution is -0.223. The van der Waals surface area contributed by atoms with E-state index in [4.69, 9.17) is 0 Å². The molecule has 0 radical (unpaired) electrons. The summed E-state index contributed by atoms with van der Waals surface area (Å²) < 4.78 is 194. The van der Waals surface area contributed by atoms with Gasteiger partial charge in [-0.1, -0.05) is 39.0 Å². The Balaban J connectivity index is 1.49. The normalized spacial score (nSPS) is 17.5.